The van der Waals surface area contributed by atoms with E-state index in [1.807, 2.05) is 6.07 Å². The standard InChI is InChI=1S/C11H11BrO2/c1-7(13)10-5-9(12)4-8-2-3-14-6-11(8)10/h4-5H,2-3,6H2,1H3. The molecule has 0 fully saturated rings. The topological polar surface area (TPSA) is 26.3 Å². The van der Waals surface area contributed by atoms with Crippen molar-refractivity contribution < 1.29 is 9.53 Å². The summed E-state index contributed by atoms with van der Waals surface area (Å²) in [6.07, 6.45) is 0.898. The van der Waals surface area contributed by atoms with Crippen molar-refractivity contribution in [2.75, 3.05) is 6.61 Å². The van der Waals surface area contributed by atoms with Gasteiger partial charge in [0, 0.05) is 10.0 Å². The van der Waals surface area contributed by atoms with Crippen LogP contribution in [0.1, 0.15) is 28.4 Å². The molecule has 3 heteroatoms. The van der Waals surface area contributed by atoms with Gasteiger partial charge < -0.3 is 4.74 Å². The summed E-state index contributed by atoms with van der Waals surface area (Å²) < 4.78 is 6.33. The van der Waals surface area contributed by atoms with E-state index in [-0.39, 0.29) is 5.78 Å². The van der Waals surface area contributed by atoms with Crippen molar-refractivity contribution in [3.63, 3.8) is 0 Å². The zero-order valence-corrected chi connectivity index (χ0v) is 9.56. The highest BCUT2D eigenvalue weighted by molar-refractivity contribution is 9.10. The van der Waals surface area contributed by atoms with E-state index in [1.54, 1.807) is 6.92 Å². The summed E-state index contributed by atoms with van der Waals surface area (Å²) in [5, 5.41) is 0. The number of ether oxygens (including phenoxy) is 1. The van der Waals surface area contributed by atoms with Crippen molar-refractivity contribution in [1.29, 1.82) is 0 Å². The minimum atomic E-state index is 0.105. The van der Waals surface area contributed by atoms with Gasteiger partial charge in [-0.2, -0.15) is 0 Å². The Morgan fingerprint density at radius 1 is 1.50 bits per heavy atom. The maximum atomic E-state index is 11.4. The van der Waals surface area contributed by atoms with Gasteiger partial charge in [0.15, 0.2) is 5.78 Å². The lowest BCUT2D eigenvalue weighted by Crippen LogP contribution is -2.14. The van der Waals surface area contributed by atoms with Crippen LogP contribution in [0.4, 0.5) is 0 Å². The fourth-order valence-electron chi connectivity index (χ4n) is 1.76. The zero-order chi connectivity index (χ0) is 10.1. The average molecular weight is 255 g/mol. The van der Waals surface area contributed by atoms with Crippen LogP contribution in [0.25, 0.3) is 0 Å². The molecule has 0 amide bonds. The smallest absolute Gasteiger partial charge is 0.160 e. The minimum absolute atomic E-state index is 0.105. The summed E-state index contributed by atoms with van der Waals surface area (Å²) in [6, 6.07) is 3.94. The largest absolute Gasteiger partial charge is 0.376 e. The molecule has 0 aromatic heterocycles. The Morgan fingerprint density at radius 3 is 3.00 bits per heavy atom. The Kier molecular flexibility index (Phi) is 2.70. The molecule has 0 aliphatic carbocycles. The Bertz CT molecular complexity index is 385. The van der Waals surface area contributed by atoms with Gasteiger partial charge in [0.05, 0.1) is 13.2 Å². The molecule has 1 heterocycles. The monoisotopic (exact) mass is 254 g/mol. The van der Waals surface area contributed by atoms with Crippen molar-refractivity contribution in [1.82, 2.24) is 0 Å². The minimum Gasteiger partial charge on any atom is -0.376 e. The predicted octanol–water partition coefficient (Wildman–Crippen LogP) is 2.72. The number of carbonyl (C=O) groups is 1. The molecule has 2 rings (SSSR count). The van der Waals surface area contributed by atoms with Gasteiger partial charge in [-0.3, -0.25) is 4.79 Å². The Labute approximate surface area is 91.4 Å². The third-order valence-electron chi connectivity index (χ3n) is 2.45. The van der Waals surface area contributed by atoms with E-state index < -0.39 is 0 Å². The average Bonchev–Trinajstić information content (AvgIpc) is 2.16. The Morgan fingerprint density at radius 2 is 2.29 bits per heavy atom. The van der Waals surface area contributed by atoms with Crippen molar-refractivity contribution in [3.05, 3.63) is 33.3 Å². The molecule has 0 N–H and O–H groups in total. The second-order valence-electron chi connectivity index (χ2n) is 3.45. The number of ketones is 1. The maximum Gasteiger partial charge on any atom is 0.160 e. The van der Waals surface area contributed by atoms with Crippen LogP contribution in [-0.4, -0.2) is 12.4 Å². The van der Waals surface area contributed by atoms with Crippen LogP contribution in [-0.2, 0) is 17.8 Å². The van der Waals surface area contributed by atoms with E-state index in [0.717, 1.165) is 28.6 Å². The van der Waals surface area contributed by atoms with Crippen molar-refractivity contribution >= 4 is 21.7 Å². The van der Waals surface area contributed by atoms with E-state index in [0.29, 0.717) is 6.61 Å². The second-order valence-corrected chi connectivity index (χ2v) is 4.37. The molecule has 1 aromatic rings. The van der Waals surface area contributed by atoms with E-state index in [1.165, 1.54) is 5.56 Å². The molecule has 1 aliphatic rings. The molecular formula is C11H11BrO2. The van der Waals surface area contributed by atoms with Gasteiger partial charge in [0.25, 0.3) is 0 Å². The van der Waals surface area contributed by atoms with Crippen LogP contribution in [0, 0.1) is 0 Å². The van der Waals surface area contributed by atoms with Crippen LogP contribution in [0.5, 0.6) is 0 Å². The van der Waals surface area contributed by atoms with Gasteiger partial charge in [-0.05, 0) is 36.6 Å². The number of hydrogen-bond acceptors (Lipinski definition) is 2. The Hall–Kier alpha value is -0.670. The van der Waals surface area contributed by atoms with Gasteiger partial charge in [0.2, 0.25) is 0 Å². The molecule has 0 spiro atoms. The summed E-state index contributed by atoms with van der Waals surface area (Å²) in [5.41, 5.74) is 3.08. The van der Waals surface area contributed by atoms with E-state index in [2.05, 4.69) is 22.0 Å². The SMILES string of the molecule is CC(=O)c1cc(Br)cc2c1COCC2. The lowest BCUT2D eigenvalue weighted by molar-refractivity contribution is 0.0977. The van der Waals surface area contributed by atoms with Crippen molar-refractivity contribution in [2.45, 2.75) is 20.0 Å². The van der Waals surface area contributed by atoms with Crippen molar-refractivity contribution in [2.24, 2.45) is 0 Å². The first-order valence-corrected chi connectivity index (χ1v) is 5.38. The number of benzene rings is 1. The zero-order valence-electron chi connectivity index (χ0n) is 7.97. The molecule has 0 bridgehead atoms. The molecule has 14 heavy (non-hydrogen) atoms. The molecule has 0 saturated heterocycles. The van der Waals surface area contributed by atoms with Gasteiger partial charge in [-0.15, -0.1) is 0 Å². The fraction of sp³-hybridized carbons (Fsp3) is 0.364. The number of hydrogen-bond donors (Lipinski definition) is 0. The fourth-order valence-corrected chi connectivity index (χ4v) is 2.26. The highest BCUT2D eigenvalue weighted by atomic mass is 79.9. The lowest BCUT2D eigenvalue weighted by atomic mass is 9.96. The number of carbonyl (C=O) groups excluding carboxylic acids is 1. The maximum absolute atomic E-state index is 11.4. The normalized spacial score (nSPS) is 15.0. The van der Waals surface area contributed by atoms with Crippen molar-refractivity contribution in [3.8, 4) is 0 Å². The summed E-state index contributed by atoms with van der Waals surface area (Å²) in [6.45, 7) is 2.91. The molecule has 0 radical (unpaired) electrons. The van der Waals surface area contributed by atoms with E-state index in [4.69, 9.17) is 4.74 Å². The van der Waals surface area contributed by atoms with Gasteiger partial charge >= 0.3 is 0 Å². The second kappa shape index (κ2) is 3.83. The molecule has 1 aromatic carbocycles. The van der Waals surface area contributed by atoms with E-state index in [9.17, 15) is 4.79 Å². The molecule has 0 atom stereocenters. The molecule has 74 valence electrons. The first kappa shape index (κ1) is 9.87. The van der Waals surface area contributed by atoms with Crippen LogP contribution >= 0.6 is 15.9 Å². The van der Waals surface area contributed by atoms with Crippen LogP contribution in [0.15, 0.2) is 16.6 Å². The highest BCUT2D eigenvalue weighted by Crippen LogP contribution is 2.26. The van der Waals surface area contributed by atoms with Crippen LogP contribution in [0.3, 0.4) is 0 Å². The van der Waals surface area contributed by atoms with Gasteiger partial charge in [-0.1, -0.05) is 15.9 Å². The summed E-state index contributed by atoms with van der Waals surface area (Å²) in [5.74, 6) is 0.105. The molecule has 2 nitrogen and oxygen atoms in total. The number of Topliss-reactive ketones (excluding diaryl/α,β-unsaturated/α-hetero) is 1. The molecule has 0 unspecified atom stereocenters. The van der Waals surface area contributed by atoms with Crippen LogP contribution in [0.2, 0.25) is 0 Å². The van der Waals surface area contributed by atoms with Crippen LogP contribution < -0.4 is 0 Å². The first-order valence-electron chi connectivity index (χ1n) is 4.58. The third-order valence-corrected chi connectivity index (χ3v) is 2.91. The van der Waals surface area contributed by atoms with Gasteiger partial charge in [0.1, 0.15) is 0 Å². The predicted molar refractivity (Wildman–Crippen MR) is 57.5 cm³/mol. The Balaban J connectivity index is 2.58. The molecule has 1 aliphatic heterocycles. The number of rotatable bonds is 1. The number of fused-ring (bicyclic) bond motifs is 1. The summed E-state index contributed by atoms with van der Waals surface area (Å²) in [7, 11) is 0. The van der Waals surface area contributed by atoms with E-state index >= 15 is 0 Å². The highest BCUT2D eigenvalue weighted by Gasteiger charge is 2.16. The number of halogens is 1. The quantitative estimate of drug-likeness (QED) is 0.721. The van der Waals surface area contributed by atoms with Gasteiger partial charge in [-0.25, -0.2) is 0 Å². The summed E-state index contributed by atoms with van der Waals surface area (Å²) >= 11 is 3.42. The summed E-state index contributed by atoms with van der Waals surface area (Å²) in [4.78, 5) is 11.4. The first-order chi connectivity index (χ1) is 6.68. The molecule has 0 saturated carbocycles. The molecular weight excluding hydrogens is 244 g/mol. The lowest BCUT2D eigenvalue weighted by Gasteiger charge is -2.19. The third kappa shape index (κ3) is 1.74.